The van der Waals surface area contributed by atoms with Crippen molar-refractivity contribution >= 4 is 11.9 Å². The Labute approximate surface area is 143 Å². The average molecular weight is 329 g/mol. The summed E-state index contributed by atoms with van der Waals surface area (Å²) >= 11 is 0. The van der Waals surface area contributed by atoms with Gasteiger partial charge in [0.1, 0.15) is 0 Å². The minimum Gasteiger partial charge on any atom is -0.369 e. The van der Waals surface area contributed by atoms with E-state index in [0.717, 1.165) is 12.8 Å². The molecule has 0 spiro atoms. The molecule has 2 fully saturated rings. The number of primary amides is 1. The zero-order valence-electron chi connectivity index (χ0n) is 14.4. The zero-order valence-corrected chi connectivity index (χ0v) is 14.4. The molecule has 5 nitrogen and oxygen atoms in total. The van der Waals surface area contributed by atoms with Gasteiger partial charge in [-0.05, 0) is 31.7 Å². The Kier molecular flexibility index (Phi) is 4.78. The van der Waals surface area contributed by atoms with Crippen molar-refractivity contribution < 1.29 is 9.59 Å². The van der Waals surface area contributed by atoms with Gasteiger partial charge < -0.3 is 16.0 Å². The topological polar surface area (TPSA) is 75.4 Å². The number of carbonyl (C=O) groups is 2. The monoisotopic (exact) mass is 329 g/mol. The van der Waals surface area contributed by atoms with Gasteiger partial charge in [-0.25, -0.2) is 4.79 Å². The molecule has 0 radical (unpaired) electrons. The zero-order chi connectivity index (χ0) is 17.2. The van der Waals surface area contributed by atoms with Gasteiger partial charge in [0, 0.05) is 25.0 Å². The van der Waals surface area contributed by atoms with Crippen LogP contribution in [0.1, 0.15) is 43.2 Å². The molecule has 1 heterocycles. The number of nitrogens with zero attached hydrogens (tertiary/aromatic N) is 1. The Morgan fingerprint density at radius 1 is 1.33 bits per heavy atom. The Bertz CT molecular complexity index is 623. The van der Waals surface area contributed by atoms with E-state index in [1.54, 1.807) is 4.90 Å². The van der Waals surface area contributed by atoms with E-state index in [9.17, 15) is 9.59 Å². The third kappa shape index (κ3) is 3.40. The van der Waals surface area contributed by atoms with Crippen molar-refractivity contribution in [2.75, 3.05) is 19.6 Å². The first-order chi connectivity index (χ1) is 11.5. The van der Waals surface area contributed by atoms with Crippen LogP contribution in [0.3, 0.4) is 0 Å². The summed E-state index contributed by atoms with van der Waals surface area (Å²) in [6.07, 6.45) is 5.31. The quantitative estimate of drug-likeness (QED) is 0.889. The van der Waals surface area contributed by atoms with Crippen LogP contribution in [0.15, 0.2) is 24.3 Å². The smallest absolute Gasteiger partial charge is 0.317 e. The summed E-state index contributed by atoms with van der Waals surface area (Å²) in [6, 6.07) is 8.57. The van der Waals surface area contributed by atoms with Gasteiger partial charge >= 0.3 is 6.03 Å². The Hall–Kier alpha value is -2.04. The summed E-state index contributed by atoms with van der Waals surface area (Å²) in [5, 5.41) is 3.12. The van der Waals surface area contributed by atoms with Crippen molar-refractivity contribution in [3.8, 4) is 0 Å². The van der Waals surface area contributed by atoms with E-state index in [-0.39, 0.29) is 23.3 Å². The third-order valence-electron chi connectivity index (χ3n) is 5.65. The molecule has 1 atom stereocenters. The molecule has 24 heavy (non-hydrogen) atoms. The van der Waals surface area contributed by atoms with Crippen molar-refractivity contribution in [2.24, 2.45) is 11.7 Å². The molecule has 2 aliphatic rings. The highest BCUT2D eigenvalue weighted by Crippen LogP contribution is 2.40. The number of aryl methyl sites for hydroxylation is 1. The van der Waals surface area contributed by atoms with Crippen LogP contribution in [-0.2, 0) is 10.2 Å². The van der Waals surface area contributed by atoms with Crippen LogP contribution >= 0.6 is 0 Å². The summed E-state index contributed by atoms with van der Waals surface area (Å²) < 4.78 is 0. The van der Waals surface area contributed by atoms with Crippen LogP contribution < -0.4 is 11.1 Å². The van der Waals surface area contributed by atoms with Gasteiger partial charge in [-0.3, -0.25) is 4.79 Å². The number of nitrogens with two attached hydrogens (primary N) is 1. The first-order valence-electron chi connectivity index (χ1n) is 8.89. The standard InChI is InChI=1S/C19H27N3O2/c1-14-5-4-6-16(11-14)19(8-2-3-9-19)13-21-18(24)22-10-7-15(12-22)17(20)23/h4-6,11,15H,2-3,7-10,12-13H2,1H3,(H2,20,23)(H,21,24). The summed E-state index contributed by atoms with van der Waals surface area (Å²) in [5.41, 5.74) is 7.98. The molecule has 1 aromatic rings. The summed E-state index contributed by atoms with van der Waals surface area (Å²) in [6.45, 7) is 3.82. The molecule has 130 valence electrons. The molecule has 1 aliphatic carbocycles. The van der Waals surface area contributed by atoms with Crippen molar-refractivity contribution in [1.82, 2.24) is 10.2 Å². The second-order valence-electron chi connectivity index (χ2n) is 7.35. The van der Waals surface area contributed by atoms with Crippen LogP contribution in [0.5, 0.6) is 0 Å². The van der Waals surface area contributed by atoms with Gasteiger partial charge in [0.25, 0.3) is 0 Å². The number of urea groups is 1. The highest BCUT2D eigenvalue weighted by Gasteiger charge is 2.37. The second kappa shape index (κ2) is 6.83. The second-order valence-corrected chi connectivity index (χ2v) is 7.35. The van der Waals surface area contributed by atoms with E-state index in [0.29, 0.717) is 26.1 Å². The minimum absolute atomic E-state index is 0.0461. The van der Waals surface area contributed by atoms with Crippen molar-refractivity contribution in [1.29, 1.82) is 0 Å². The minimum atomic E-state index is -0.308. The van der Waals surface area contributed by atoms with Crippen LogP contribution in [0, 0.1) is 12.8 Å². The lowest BCUT2D eigenvalue weighted by atomic mass is 9.78. The average Bonchev–Trinajstić information content (AvgIpc) is 3.23. The molecule has 5 heteroatoms. The fourth-order valence-electron chi connectivity index (χ4n) is 4.13. The van der Waals surface area contributed by atoms with Crippen molar-refractivity contribution in [3.05, 3.63) is 35.4 Å². The molecule has 0 aromatic heterocycles. The van der Waals surface area contributed by atoms with Gasteiger partial charge in [0.05, 0.1) is 5.92 Å². The SMILES string of the molecule is Cc1cccc(C2(CNC(=O)N3CCC(C(N)=O)C3)CCCC2)c1. The lowest BCUT2D eigenvalue weighted by molar-refractivity contribution is -0.121. The fraction of sp³-hybridized carbons (Fsp3) is 0.579. The maximum absolute atomic E-state index is 12.5. The van der Waals surface area contributed by atoms with Crippen molar-refractivity contribution in [2.45, 2.75) is 44.4 Å². The number of rotatable bonds is 4. The Balaban J connectivity index is 1.65. The highest BCUT2D eigenvalue weighted by atomic mass is 16.2. The summed E-state index contributed by atoms with van der Waals surface area (Å²) in [4.78, 5) is 25.5. The Morgan fingerprint density at radius 3 is 2.71 bits per heavy atom. The number of likely N-dealkylation sites (tertiary alicyclic amines) is 1. The van der Waals surface area contributed by atoms with Gasteiger partial charge in [-0.2, -0.15) is 0 Å². The molecule has 1 aromatic carbocycles. The van der Waals surface area contributed by atoms with Crippen molar-refractivity contribution in [3.63, 3.8) is 0 Å². The number of hydrogen-bond acceptors (Lipinski definition) is 2. The fourth-order valence-corrected chi connectivity index (χ4v) is 4.13. The highest BCUT2D eigenvalue weighted by molar-refractivity contribution is 5.80. The lowest BCUT2D eigenvalue weighted by Gasteiger charge is -2.31. The van der Waals surface area contributed by atoms with Crippen LogP contribution in [0.4, 0.5) is 4.79 Å². The lowest BCUT2D eigenvalue weighted by Crippen LogP contribution is -2.45. The summed E-state index contributed by atoms with van der Waals surface area (Å²) in [7, 11) is 0. The molecule has 0 bridgehead atoms. The van der Waals surface area contributed by atoms with Gasteiger partial charge in [-0.15, -0.1) is 0 Å². The number of hydrogen-bond donors (Lipinski definition) is 2. The van der Waals surface area contributed by atoms with Gasteiger partial charge in [-0.1, -0.05) is 42.7 Å². The molecule has 3 N–H and O–H groups in total. The molecule has 1 unspecified atom stereocenters. The number of amides is 3. The normalized spacial score (nSPS) is 22.5. The molecular weight excluding hydrogens is 302 g/mol. The predicted molar refractivity (Wildman–Crippen MR) is 93.6 cm³/mol. The van der Waals surface area contributed by atoms with Crippen LogP contribution in [-0.4, -0.2) is 36.5 Å². The molecule has 1 saturated heterocycles. The van der Waals surface area contributed by atoms with E-state index >= 15 is 0 Å². The number of carbonyl (C=O) groups excluding carboxylic acids is 2. The molecule has 1 aliphatic heterocycles. The van der Waals surface area contributed by atoms with Crippen LogP contribution in [0.25, 0.3) is 0 Å². The van der Waals surface area contributed by atoms with Gasteiger partial charge in [0.15, 0.2) is 0 Å². The van der Waals surface area contributed by atoms with E-state index in [1.165, 1.54) is 24.0 Å². The largest absolute Gasteiger partial charge is 0.369 e. The van der Waals surface area contributed by atoms with E-state index in [4.69, 9.17) is 5.73 Å². The summed E-state index contributed by atoms with van der Waals surface area (Å²) in [5.74, 6) is -0.509. The molecule has 1 saturated carbocycles. The predicted octanol–water partition coefficient (Wildman–Crippen LogP) is 2.32. The molecule has 3 amide bonds. The Morgan fingerprint density at radius 2 is 2.08 bits per heavy atom. The first kappa shape index (κ1) is 16.8. The molecular formula is C19H27N3O2. The van der Waals surface area contributed by atoms with E-state index in [1.807, 2.05) is 0 Å². The number of nitrogens with one attached hydrogen (secondary N) is 1. The maximum atomic E-state index is 12.5. The number of benzene rings is 1. The van der Waals surface area contributed by atoms with E-state index < -0.39 is 0 Å². The van der Waals surface area contributed by atoms with Gasteiger partial charge in [0.2, 0.25) is 5.91 Å². The maximum Gasteiger partial charge on any atom is 0.317 e. The molecule has 3 rings (SSSR count). The van der Waals surface area contributed by atoms with E-state index in [2.05, 4.69) is 36.5 Å². The van der Waals surface area contributed by atoms with Crippen LogP contribution in [0.2, 0.25) is 0 Å². The third-order valence-corrected chi connectivity index (χ3v) is 5.65. The first-order valence-corrected chi connectivity index (χ1v) is 8.89.